The fourth-order valence-corrected chi connectivity index (χ4v) is 3.19. The third-order valence-corrected chi connectivity index (χ3v) is 4.67. The molecule has 1 N–H and O–H groups in total. The first-order valence-electron chi connectivity index (χ1n) is 8.86. The number of hydrogen-bond donors (Lipinski definition) is 1. The summed E-state index contributed by atoms with van der Waals surface area (Å²) in [6.45, 7) is 0.321. The van der Waals surface area contributed by atoms with Crippen molar-refractivity contribution in [3.8, 4) is 0 Å². The zero-order valence-corrected chi connectivity index (χ0v) is 15.1. The van der Waals surface area contributed by atoms with Crippen molar-refractivity contribution in [2.75, 3.05) is 13.1 Å². The molecule has 0 bridgehead atoms. The van der Waals surface area contributed by atoms with E-state index in [9.17, 15) is 31.5 Å². The van der Waals surface area contributed by atoms with Crippen molar-refractivity contribution in [2.45, 2.75) is 25.1 Å². The minimum absolute atomic E-state index is 0.0805. The number of carbonyl (C=O) groups excluding carboxylic acids is 2. The van der Waals surface area contributed by atoms with Crippen molar-refractivity contribution in [3.63, 3.8) is 0 Å². The zero-order chi connectivity index (χ0) is 21.2. The van der Waals surface area contributed by atoms with Gasteiger partial charge in [0.25, 0.3) is 5.91 Å². The first-order valence-corrected chi connectivity index (χ1v) is 8.86. The second-order valence-corrected chi connectivity index (χ2v) is 6.72. The van der Waals surface area contributed by atoms with E-state index < -0.39 is 40.9 Å². The number of amides is 2. The van der Waals surface area contributed by atoms with E-state index in [1.54, 1.807) is 0 Å². The number of halogens is 5. The van der Waals surface area contributed by atoms with E-state index in [0.29, 0.717) is 25.5 Å². The first kappa shape index (κ1) is 20.8. The standard InChI is InChI=1S/C20H17F5N2O2/c21-14-6-7-16(22)15(10-14)19(29)26-17(11-27-8-2-5-18(27)28)12-3-1-4-13(9-12)20(23,24)25/h1,3-4,6-7,9-10,17H,2,5,8,11H2,(H,26,29)/t17-/m0/s1. The number of alkyl halides is 3. The van der Waals surface area contributed by atoms with Crippen LogP contribution in [-0.4, -0.2) is 29.8 Å². The summed E-state index contributed by atoms with van der Waals surface area (Å²) < 4.78 is 66.6. The number of nitrogens with one attached hydrogen (secondary N) is 1. The Kier molecular flexibility index (Phi) is 5.86. The molecular formula is C20H17F5N2O2. The number of nitrogens with zero attached hydrogens (tertiary/aromatic N) is 1. The Balaban J connectivity index is 1.92. The Morgan fingerprint density at radius 2 is 1.90 bits per heavy atom. The predicted molar refractivity (Wildman–Crippen MR) is 93.8 cm³/mol. The second kappa shape index (κ2) is 8.18. The molecule has 0 radical (unpaired) electrons. The van der Waals surface area contributed by atoms with Gasteiger partial charge >= 0.3 is 6.18 Å². The highest BCUT2D eigenvalue weighted by atomic mass is 19.4. The number of likely N-dealkylation sites (tertiary alicyclic amines) is 1. The van der Waals surface area contributed by atoms with E-state index in [4.69, 9.17) is 0 Å². The highest BCUT2D eigenvalue weighted by Crippen LogP contribution is 2.31. The van der Waals surface area contributed by atoms with Crippen LogP contribution in [0.5, 0.6) is 0 Å². The lowest BCUT2D eigenvalue weighted by atomic mass is 10.0. The van der Waals surface area contributed by atoms with E-state index in [1.807, 2.05) is 0 Å². The maximum Gasteiger partial charge on any atom is 0.416 e. The Bertz CT molecular complexity index is 929. The largest absolute Gasteiger partial charge is 0.416 e. The van der Waals surface area contributed by atoms with Crippen LogP contribution in [-0.2, 0) is 11.0 Å². The summed E-state index contributed by atoms with van der Waals surface area (Å²) in [5, 5.41) is 2.44. The van der Waals surface area contributed by atoms with Crippen molar-refractivity contribution in [2.24, 2.45) is 0 Å². The molecule has 0 aliphatic carbocycles. The van der Waals surface area contributed by atoms with Gasteiger partial charge in [0.1, 0.15) is 11.6 Å². The lowest BCUT2D eigenvalue weighted by Crippen LogP contribution is -2.39. The number of rotatable bonds is 5. The fourth-order valence-electron chi connectivity index (χ4n) is 3.19. The van der Waals surface area contributed by atoms with Crippen LogP contribution in [0.15, 0.2) is 42.5 Å². The van der Waals surface area contributed by atoms with Gasteiger partial charge in [-0.25, -0.2) is 8.78 Å². The molecule has 1 aliphatic rings. The van der Waals surface area contributed by atoms with E-state index in [1.165, 1.54) is 17.0 Å². The molecule has 1 atom stereocenters. The van der Waals surface area contributed by atoms with Gasteiger partial charge in [-0.2, -0.15) is 13.2 Å². The van der Waals surface area contributed by atoms with Gasteiger partial charge < -0.3 is 10.2 Å². The van der Waals surface area contributed by atoms with Gasteiger partial charge in [-0.15, -0.1) is 0 Å². The summed E-state index contributed by atoms with van der Waals surface area (Å²) in [5.41, 5.74) is -1.39. The fraction of sp³-hybridized carbons (Fsp3) is 0.300. The topological polar surface area (TPSA) is 49.4 Å². The van der Waals surface area contributed by atoms with E-state index in [0.717, 1.165) is 24.3 Å². The molecule has 154 valence electrons. The molecule has 0 aromatic heterocycles. The van der Waals surface area contributed by atoms with E-state index in [2.05, 4.69) is 5.32 Å². The van der Waals surface area contributed by atoms with Crippen molar-refractivity contribution in [3.05, 3.63) is 70.8 Å². The Labute approximate surface area is 163 Å². The number of benzene rings is 2. The Morgan fingerprint density at radius 3 is 2.55 bits per heavy atom. The summed E-state index contributed by atoms with van der Waals surface area (Å²) in [5.74, 6) is -2.98. The highest BCUT2D eigenvalue weighted by Gasteiger charge is 2.32. The zero-order valence-electron chi connectivity index (χ0n) is 15.1. The average Bonchev–Trinajstić information content (AvgIpc) is 3.07. The molecule has 1 saturated heterocycles. The van der Waals surface area contributed by atoms with Crippen molar-refractivity contribution in [1.82, 2.24) is 10.2 Å². The molecule has 29 heavy (non-hydrogen) atoms. The molecule has 2 aromatic rings. The van der Waals surface area contributed by atoms with Crippen LogP contribution in [0, 0.1) is 11.6 Å². The molecular weight excluding hydrogens is 395 g/mol. The van der Waals surface area contributed by atoms with Gasteiger partial charge in [0.05, 0.1) is 17.2 Å². The summed E-state index contributed by atoms with van der Waals surface area (Å²) in [7, 11) is 0. The monoisotopic (exact) mass is 412 g/mol. The van der Waals surface area contributed by atoms with Gasteiger partial charge in [-0.05, 0) is 42.3 Å². The molecule has 1 aliphatic heterocycles. The van der Waals surface area contributed by atoms with Crippen molar-refractivity contribution >= 4 is 11.8 Å². The van der Waals surface area contributed by atoms with Crippen LogP contribution < -0.4 is 5.32 Å². The normalized spacial score (nSPS) is 15.5. The van der Waals surface area contributed by atoms with Crippen LogP contribution in [0.4, 0.5) is 22.0 Å². The van der Waals surface area contributed by atoms with Gasteiger partial charge in [-0.1, -0.05) is 12.1 Å². The number of carbonyl (C=O) groups is 2. The third kappa shape index (κ3) is 4.90. The molecule has 2 aromatic carbocycles. The van der Waals surface area contributed by atoms with Gasteiger partial charge in [-0.3, -0.25) is 9.59 Å². The molecule has 0 spiro atoms. The first-order chi connectivity index (χ1) is 13.6. The van der Waals surface area contributed by atoms with Crippen LogP contribution in [0.1, 0.15) is 40.4 Å². The van der Waals surface area contributed by atoms with Crippen LogP contribution in [0.25, 0.3) is 0 Å². The second-order valence-electron chi connectivity index (χ2n) is 6.72. The molecule has 0 saturated carbocycles. The van der Waals surface area contributed by atoms with Gasteiger partial charge in [0.2, 0.25) is 5.91 Å². The van der Waals surface area contributed by atoms with Crippen molar-refractivity contribution in [1.29, 1.82) is 0 Å². The predicted octanol–water partition coefficient (Wildman–Crippen LogP) is 4.08. The SMILES string of the molecule is O=C(N[C@@H](CN1CCCC1=O)c1cccc(C(F)(F)F)c1)c1cc(F)ccc1F. The highest BCUT2D eigenvalue weighted by molar-refractivity contribution is 5.94. The minimum Gasteiger partial charge on any atom is -0.343 e. The summed E-state index contributed by atoms with van der Waals surface area (Å²) in [6.07, 6.45) is -3.69. The van der Waals surface area contributed by atoms with Crippen LogP contribution in [0.3, 0.4) is 0 Å². The lowest BCUT2D eigenvalue weighted by molar-refractivity contribution is -0.137. The molecule has 2 amide bonds. The van der Waals surface area contributed by atoms with Crippen LogP contribution >= 0.6 is 0 Å². The molecule has 3 rings (SSSR count). The Hall–Kier alpha value is -2.97. The van der Waals surface area contributed by atoms with E-state index >= 15 is 0 Å². The molecule has 1 fully saturated rings. The van der Waals surface area contributed by atoms with Gasteiger partial charge in [0.15, 0.2) is 0 Å². The summed E-state index contributed by atoms with van der Waals surface area (Å²) >= 11 is 0. The minimum atomic E-state index is -4.59. The van der Waals surface area contributed by atoms with Crippen molar-refractivity contribution < 1.29 is 31.5 Å². The smallest absolute Gasteiger partial charge is 0.343 e. The quantitative estimate of drug-likeness (QED) is 0.753. The maximum atomic E-state index is 13.9. The van der Waals surface area contributed by atoms with Gasteiger partial charge in [0, 0.05) is 19.5 Å². The summed E-state index contributed by atoms with van der Waals surface area (Å²) in [6, 6.07) is 5.62. The maximum absolute atomic E-state index is 13.9. The number of hydrogen-bond acceptors (Lipinski definition) is 2. The third-order valence-electron chi connectivity index (χ3n) is 4.67. The lowest BCUT2D eigenvalue weighted by Gasteiger charge is -2.26. The van der Waals surface area contributed by atoms with Crippen LogP contribution in [0.2, 0.25) is 0 Å². The Morgan fingerprint density at radius 1 is 1.14 bits per heavy atom. The molecule has 1 heterocycles. The summed E-state index contributed by atoms with van der Waals surface area (Å²) in [4.78, 5) is 25.9. The molecule has 0 unspecified atom stereocenters. The molecule has 4 nitrogen and oxygen atoms in total. The molecule has 9 heteroatoms. The average molecular weight is 412 g/mol. The van der Waals surface area contributed by atoms with E-state index in [-0.39, 0.29) is 18.0 Å².